The SMILES string of the molecule is CC[C@H]1OC(=O)[C@H](C)[C@@H](O[C@H]2C[C@@](C)(OC)[C@@H](O)[C@H](C)O2)[C@H](C)[C@@H](O[C@@H]2O[C@H](C)C[C@H](N(C)C)[C@H]2O)[C@](C)(O)C[C@@H](C)CNC[C@]1(C)O. The van der Waals surface area contributed by atoms with Gasteiger partial charge in [-0.25, -0.2) is 0 Å². The quantitative estimate of drug-likeness (QED) is 0.246. The van der Waals surface area contributed by atoms with Crippen molar-refractivity contribution in [3.63, 3.8) is 0 Å². The van der Waals surface area contributed by atoms with Gasteiger partial charge in [0.1, 0.15) is 23.9 Å². The number of cyclic esters (lactones) is 1. The van der Waals surface area contributed by atoms with Crippen LogP contribution in [0.25, 0.3) is 0 Å². The number of nitrogens with zero attached hydrogens (tertiary/aromatic N) is 1. The van der Waals surface area contributed by atoms with Gasteiger partial charge in [-0.3, -0.25) is 4.79 Å². The van der Waals surface area contributed by atoms with Crippen molar-refractivity contribution in [2.24, 2.45) is 17.8 Å². The van der Waals surface area contributed by atoms with Gasteiger partial charge in [-0.05, 0) is 87.4 Å². The number of methoxy groups -OCH3 is 1. The summed E-state index contributed by atoms with van der Waals surface area (Å²) in [5.74, 6) is -2.24. The summed E-state index contributed by atoms with van der Waals surface area (Å²) in [6, 6.07) is -0.240. The van der Waals surface area contributed by atoms with Gasteiger partial charge >= 0.3 is 5.97 Å². The van der Waals surface area contributed by atoms with Crippen LogP contribution in [-0.4, -0.2) is 144 Å². The Balaban J connectivity index is 2.10. The molecule has 0 aromatic heterocycles. The van der Waals surface area contributed by atoms with Crippen LogP contribution in [-0.2, 0) is 33.2 Å². The second kappa shape index (κ2) is 16.6. The number of nitrogens with one attached hydrogen (secondary N) is 1. The lowest BCUT2D eigenvalue weighted by molar-refractivity contribution is -0.318. The Bertz CT molecular complexity index is 1030. The van der Waals surface area contributed by atoms with E-state index in [1.54, 1.807) is 34.6 Å². The lowest BCUT2D eigenvalue weighted by Gasteiger charge is -2.49. The van der Waals surface area contributed by atoms with Crippen LogP contribution in [0.3, 0.4) is 0 Å². The second-order valence-corrected chi connectivity index (χ2v) is 15.8. The summed E-state index contributed by atoms with van der Waals surface area (Å²) in [6.45, 7) is 16.8. The monoisotopic (exact) mass is 690 g/mol. The third-order valence-electron chi connectivity index (χ3n) is 10.9. The number of aliphatic hydroxyl groups excluding tert-OH is 2. The summed E-state index contributed by atoms with van der Waals surface area (Å²) < 4.78 is 37.3. The minimum Gasteiger partial charge on any atom is -0.459 e. The summed E-state index contributed by atoms with van der Waals surface area (Å²) in [5, 5.41) is 49.2. The van der Waals surface area contributed by atoms with Crippen molar-refractivity contribution in [2.75, 3.05) is 34.3 Å². The molecule has 3 heterocycles. The molecule has 3 aliphatic heterocycles. The number of ether oxygens (including phenoxy) is 6. The van der Waals surface area contributed by atoms with Gasteiger partial charge < -0.3 is 59.1 Å². The molecule has 13 nitrogen and oxygen atoms in total. The van der Waals surface area contributed by atoms with Crippen LogP contribution >= 0.6 is 0 Å². The number of carbonyl (C=O) groups excluding carboxylic acids is 1. The van der Waals surface area contributed by atoms with Crippen molar-refractivity contribution in [2.45, 2.75) is 166 Å². The first kappa shape index (κ1) is 41.5. The Morgan fingerprint density at radius 1 is 0.979 bits per heavy atom. The first-order valence-electron chi connectivity index (χ1n) is 17.7. The first-order valence-corrected chi connectivity index (χ1v) is 17.7. The average molecular weight is 691 g/mol. The van der Waals surface area contributed by atoms with E-state index in [1.807, 2.05) is 46.7 Å². The molecule has 16 atom stereocenters. The lowest BCUT2D eigenvalue weighted by Crippen LogP contribution is -2.60. The van der Waals surface area contributed by atoms with Crippen LogP contribution in [0.15, 0.2) is 0 Å². The van der Waals surface area contributed by atoms with E-state index in [1.165, 1.54) is 7.11 Å². The van der Waals surface area contributed by atoms with Crippen LogP contribution in [0, 0.1) is 17.8 Å². The van der Waals surface area contributed by atoms with Gasteiger partial charge in [0, 0.05) is 32.0 Å². The Labute approximate surface area is 287 Å². The van der Waals surface area contributed by atoms with E-state index in [-0.39, 0.29) is 31.0 Å². The van der Waals surface area contributed by atoms with Gasteiger partial charge in [0.2, 0.25) is 0 Å². The van der Waals surface area contributed by atoms with Crippen LogP contribution in [0.5, 0.6) is 0 Å². The zero-order valence-corrected chi connectivity index (χ0v) is 31.3. The van der Waals surface area contributed by atoms with Gasteiger partial charge in [-0.1, -0.05) is 20.8 Å². The molecule has 0 radical (unpaired) electrons. The molecule has 5 N–H and O–H groups in total. The third-order valence-corrected chi connectivity index (χ3v) is 10.9. The van der Waals surface area contributed by atoms with Crippen LogP contribution in [0.1, 0.15) is 88.0 Å². The summed E-state index contributed by atoms with van der Waals surface area (Å²) in [5.41, 5.74) is -3.82. The molecule has 0 bridgehead atoms. The fraction of sp³-hybridized carbons (Fsp3) is 0.971. The fourth-order valence-corrected chi connectivity index (χ4v) is 7.89. The number of likely N-dealkylation sites (N-methyl/N-ethyl adjacent to an activating group) is 1. The summed E-state index contributed by atoms with van der Waals surface area (Å²) in [7, 11) is 5.31. The molecule has 0 aliphatic carbocycles. The van der Waals surface area contributed by atoms with Crippen molar-refractivity contribution in [3.05, 3.63) is 0 Å². The Kier molecular flexibility index (Phi) is 14.3. The predicted molar refractivity (Wildman–Crippen MR) is 179 cm³/mol. The summed E-state index contributed by atoms with van der Waals surface area (Å²) >= 11 is 0. The highest BCUT2D eigenvalue weighted by atomic mass is 16.7. The molecule has 3 saturated heterocycles. The van der Waals surface area contributed by atoms with Gasteiger partial charge in [0.25, 0.3) is 0 Å². The molecule has 3 fully saturated rings. The molecule has 3 rings (SSSR count). The minimum absolute atomic E-state index is 0.0615. The van der Waals surface area contributed by atoms with Gasteiger partial charge in [0.05, 0.1) is 41.5 Å². The highest BCUT2D eigenvalue weighted by molar-refractivity contribution is 5.73. The Morgan fingerprint density at radius 3 is 2.21 bits per heavy atom. The molecule has 3 aliphatic rings. The number of hydrogen-bond donors (Lipinski definition) is 5. The lowest BCUT2D eigenvalue weighted by atomic mass is 9.77. The van der Waals surface area contributed by atoms with Gasteiger partial charge in [-0.2, -0.15) is 0 Å². The number of aliphatic hydroxyl groups is 4. The molecule has 0 saturated carbocycles. The van der Waals surface area contributed by atoms with Crippen molar-refractivity contribution in [1.29, 1.82) is 0 Å². The number of esters is 1. The molecule has 48 heavy (non-hydrogen) atoms. The van der Waals surface area contributed by atoms with E-state index in [4.69, 9.17) is 28.4 Å². The van der Waals surface area contributed by atoms with Crippen molar-refractivity contribution < 1.29 is 53.6 Å². The zero-order valence-electron chi connectivity index (χ0n) is 31.3. The number of carbonyl (C=O) groups is 1. The fourth-order valence-electron chi connectivity index (χ4n) is 7.89. The van der Waals surface area contributed by atoms with Gasteiger partial charge in [-0.15, -0.1) is 0 Å². The minimum atomic E-state index is -1.49. The normalized spacial score (nSPS) is 48.9. The third kappa shape index (κ3) is 9.67. The number of β-amino-alcohol motifs (C(OH)–C–C–N with tert-alkyl or cyclic N) is 1. The Hall–Kier alpha value is -0.970. The molecular weight excluding hydrogens is 624 g/mol. The maximum absolute atomic E-state index is 13.9. The van der Waals surface area contributed by atoms with Gasteiger partial charge in [0.15, 0.2) is 12.6 Å². The molecule has 282 valence electrons. The van der Waals surface area contributed by atoms with Crippen molar-refractivity contribution >= 4 is 5.97 Å². The maximum Gasteiger partial charge on any atom is 0.311 e. The van der Waals surface area contributed by atoms with E-state index in [9.17, 15) is 25.2 Å². The first-order chi connectivity index (χ1) is 22.2. The predicted octanol–water partition coefficient (Wildman–Crippen LogP) is 1.81. The molecular formula is C35H66N2O11. The average Bonchev–Trinajstić information content (AvgIpc) is 2.99. The summed E-state index contributed by atoms with van der Waals surface area (Å²) in [6.07, 6.45) is -5.99. The van der Waals surface area contributed by atoms with E-state index in [0.717, 1.165) is 0 Å². The van der Waals surface area contributed by atoms with E-state index >= 15 is 0 Å². The standard InChI is InChI=1S/C35H66N2O11/c1-13-25-34(8,42)18-36-17-19(2)15-33(7,41)30(48-32-27(38)24(37(10)11)14-20(3)44-32)21(4)28(22(5)31(40)46-25)47-26-16-35(9,43-12)29(39)23(6)45-26/h19-30,32,36,38-39,41-42H,13-18H2,1-12H3/t19-,20-,21+,22-,23+,24+,25-,26+,27-,28+,29+,30-,32+,33-,34+,35-/m1/s1. The Morgan fingerprint density at radius 2 is 1.62 bits per heavy atom. The van der Waals surface area contributed by atoms with Crippen LogP contribution < -0.4 is 5.32 Å². The smallest absolute Gasteiger partial charge is 0.311 e. The highest BCUT2D eigenvalue weighted by Gasteiger charge is 2.51. The molecule has 0 amide bonds. The largest absolute Gasteiger partial charge is 0.459 e. The van der Waals surface area contributed by atoms with Crippen molar-refractivity contribution in [3.8, 4) is 0 Å². The molecule has 0 unspecified atom stereocenters. The molecule has 0 spiro atoms. The van der Waals surface area contributed by atoms with E-state index in [2.05, 4.69) is 5.32 Å². The highest BCUT2D eigenvalue weighted by Crippen LogP contribution is 2.39. The van der Waals surface area contributed by atoms with E-state index in [0.29, 0.717) is 25.8 Å². The second-order valence-electron chi connectivity index (χ2n) is 15.8. The summed E-state index contributed by atoms with van der Waals surface area (Å²) in [4.78, 5) is 15.9. The topological polar surface area (TPSA) is 169 Å². The zero-order chi connectivity index (χ0) is 36.4. The molecule has 0 aromatic rings. The van der Waals surface area contributed by atoms with Crippen molar-refractivity contribution in [1.82, 2.24) is 10.2 Å². The maximum atomic E-state index is 13.9. The molecule has 13 heteroatoms. The van der Waals surface area contributed by atoms with E-state index < -0.39 is 83.8 Å². The van der Waals surface area contributed by atoms with Crippen LogP contribution in [0.2, 0.25) is 0 Å². The molecule has 0 aromatic carbocycles. The van der Waals surface area contributed by atoms with Crippen LogP contribution in [0.4, 0.5) is 0 Å². The number of rotatable bonds is 7. The number of hydrogen-bond acceptors (Lipinski definition) is 13.